The lowest BCUT2D eigenvalue weighted by Crippen LogP contribution is -2.31. The van der Waals surface area contributed by atoms with Gasteiger partial charge in [0.05, 0.1) is 24.6 Å². The van der Waals surface area contributed by atoms with E-state index in [-0.39, 0.29) is 5.91 Å². The van der Waals surface area contributed by atoms with Crippen molar-refractivity contribution in [2.24, 2.45) is 0 Å². The molecule has 2 aromatic heterocycles. The Kier molecular flexibility index (Phi) is 7.08. The number of rotatable bonds is 8. The molecule has 0 radical (unpaired) electrons. The standard InChI is InChI=1S/C29H31N7O2/c1-5-35(6-2)23-13-9-21(10-14-23)27-33-29-31-19(3)25(28(37)32-22-8-7-17-30-18-22)26(36(29)34-27)20-11-15-24(38-4)16-12-20/h7-18,26H,5-6H2,1-4H3,(H,32,37)(H,31,33,34). The van der Waals surface area contributed by atoms with Gasteiger partial charge in [0, 0.05) is 36.2 Å². The zero-order valence-corrected chi connectivity index (χ0v) is 22.0. The normalized spacial score (nSPS) is 14.5. The molecule has 1 aliphatic heterocycles. The molecule has 0 spiro atoms. The number of ether oxygens (including phenoxy) is 1. The third-order valence-electron chi connectivity index (χ3n) is 6.70. The molecule has 0 bridgehead atoms. The van der Waals surface area contributed by atoms with Gasteiger partial charge in [-0.3, -0.25) is 9.78 Å². The van der Waals surface area contributed by atoms with E-state index >= 15 is 0 Å². The van der Waals surface area contributed by atoms with Crippen LogP contribution in [0.3, 0.4) is 0 Å². The first-order valence-corrected chi connectivity index (χ1v) is 12.7. The van der Waals surface area contributed by atoms with Gasteiger partial charge in [0.25, 0.3) is 5.91 Å². The summed E-state index contributed by atoms with van der Waals surface area (Å²) in [6.07, 6.45) is 3.29. The lowest BCUT2D eigenvalue weighted by atomic mass is 9.95. The number of carbonyl (C=O) groups excluding carboxylic acids is 1. The van der Waals surface area contributed by atoms with Gasteiger partial charge < -0.3 is 20.3 Å². The Hall–Kier alpha value is -4.66. The molecule has 38 heavy (non-hydrogen) atoms. The Bertz CT molecular complexity index is 1440. The molecule has 0 saturated carbocycles. The number of benzene rings is 2. The molecular weight excluding hydrogens is 478 g/mol. The first-order valence-electron chi connectivity index (χ1n) is 12.7. The van der Waals surface area contributed by atoms with E-state index in [0.29, 0.717) is 28.7 Å². The topological polar surface area (TPSA) is 97.2 Å². The van der Waals surface area contributed by atoms with Crippen LogP contribution < -0.4 is 20.3 Å². The Balaban J connectivity index is 1.54. The first kappa shape index (κ1) is 25.0. The van der Waals surface area contributed by atoms with Gasteiger partial charge in [-0.1, -0.05) is 12.1 Å². The molecule has 1 atom stereocenters. The van der Waals surface area contributed by atoms with Gasteiger partial charge in [0.15, 0.2) is 5.82 Å². The summed E-state index contributed by atoms with van der Waals surface area (Å²) in [7, 11) is 1.63. The molecule has 4 aromatic rings. The van der Waals surface area contributed by atoms with Crippen molar-refractivity contribution in [3.05, 3.63) is 89.9 Å². The van der Waals surface area contributed by atoms with E-state index in [4.69, 9.17) is 14.8 Å². The maximum Gasteiger partial charge on any atom is 0.255 e. The van der Waals surface area contributed by atoms with Crippen LogP contribution in [0.4, 0.5) is 17.3 Å². The summed E-state index contributed by atoms with van der Waals surface area (Å²) in [5.74, 6) is 1.65. The summed E-state index contributed by atoms with van der Waals surface area (Å²) < 4.78 is 7.13. The quantitative estimate of drug-likeness (QED) is 0.340. The van der Waals surface area contributed by atoms with E-state index < -0.39 is 6.04 Å². The molecular formula is C29H31N7O2. The number of nitrogens with one attached hydrogen (secondary N) is 2. The molecule has 0 aliphatic carbocycles. The largest absolute Gasteiger partial charge is 0.497 e. The summed E-state index contributed by atoms with van der Waals surface area (Å²) in [6.45, 7) is 8.05. The van der Waals surface area contributed by atoms with E-state index in [9.17, 15) is 4.79 Å². The van der Waals surface area contributed by atoms with Gasteiger partial charge in [-0.25, -0.2) is 4.68 Å². The highest BCUT2D eigenvalue weighted by molar-refractivity contribution is 6.06. The fraction of sp³-hybridized carbons (Fsp3) is 0.241. The first-order chi connectivity index (χ1) is 18.5. The molecule has 194 valence electrons. The van der Waals surface area contributed by atoms with E-state index in [1.165, 1.54) is 0 Å². The van der Waals surface area contributed by atoms with E-state index in [1.807, 2.05) is 43.3 Å². The van der Waals surface area contributed by atoms with Crippen LogP contribution in [0.25, 0.3) is 11.4 Å². The zero-order chi connectivity index (χ0) is 26.6. The Morgan fingerprint density at radius 1 is 1.08 bits per heavy atom. The second-order valence-corrected chi connectivity index (χ2v) is 8.96. The summed E-state index contributed by atoms with van der Waals surface area (Å²) in [6, 6.07) is 19.0. The minimum atomic E-state index is -0.495. The Morgan fingerprint density at radius 2 is 1.82 bits per heavy atom. The molecule has 1 unspecified atom stereocenters. The highest BCUT2D eigenvalue weighted by Crippen LogP contribution is 2.37. The summed E-state index contributed by atoms with van der Waals surface area (Å²) in [5, 5.41) is 11.1. The highest BCUT2D eigenvalue weighted by Gasteiger charge is 2.34. The third kappa shape index (κ3) is 4.82. The molecule has 5 rings (SSSR count). The maximum absolute atomic E-state index is 13.6. The molecule has 1 aliphatic rings. The predicted octanol–water partition coefficient (Wildman–Crippen LogP) is 5.12. The van der Waals surface area contributed by atoms with E-state index in [1.54, 1.807) is 36.3 Å². The predicted molar refractivity (Wildman–Crippen MR) is 149 cm³/mol. The molecule has 0 fully saturated rings. The average molecular weight is 510 g/mol. The fourth-order valence-corrected chi connectivity index (χ4v) is 4.71. The van der Waals surface area contributed by atoms with Crippen LogP contribution in [0, 0.1) is 0 Å². The van der Waals surface area contributed by atoms with Crippen molar-refractivity contribution >= 4 is 23.2 Å². The van der Waals surface area contributed by atoms with Crippen molar-refractivity contribution in [2.45, 2.75) is 26.8 Å². The smallest absolute Gasteiger partial charge is 0.255 e. The van der Waals surface area contributed by atoms with Gasteiger partial charge in [-0.2, -0.15) is 4.98 Å². The van der Waals surface area contributed by atoms with Crippen LogP contribution in [-0.2, 0) is 4.79 Å². The SMILES string of the molecule is CCN(CC)c1ccc(-c2nc3n(n2)C(c2ccc(OC)cc2)C(C(=O)Nc2cccnc2)=C(C)N3)cc1. The number of amides is 1. The molecule has 9 nitrogen and oxygen atoms in total. The fourth-order valence-electron chi connectivity index (χ4n) is 4.71. The molecule has 3 heterocycles. The summed E-state index contributed by atoms with van der Waals surface area (Å²) in [5.41, 5.74) is 4.80. The lowest BCUT2D eigenvalue weighted by molar-refractivity contribution is -0.113. The number of hydrogen-bond donors (Lipinski definition) is 2. The number of pyridine rings is 1. The highest BCUT2D eigenvalue weighted by atomic mass is 16.5. The zero-order valence-electron chi connectivity index (χ0n) is 22.0. The average Bonchev–Trinajstić information content (AvgIpc) is 3.37. The molecule has 2 N–H and O–H groups in total. The number of allylic oxidation sites excluding steroid dienone is 1. The van der Waals surface area contributed by atoms with Crippen LogP contribution in [0.1, 0.15) is 32.4 Å². The van der Waals surface area contributed by atoms with Crippen LogP contribution in [0.15, 0.2) is 84.3 Å². The van der Waals surface area contributed by atoms with Crippen molar-refractivity contribution < 1.29 is 9.53 Å². The minimum absolute atomic E-state index is 0.241. The Morgan fingerprint density at radius 3 is 2.45 bits per heavy atom. The monoisotopic (exact) mass is 509 g/mol. The minimum Gasteiger partial charge on any atom is -0.497 e. The van der Waals surface area contributed by atoms with Crippen molar-refractivity contribution in [1.82, 2.24) is 19.7 Å². The lowest BCUT2D eigenvalue weighted by Gasteiger charge is -2.28. The van der Waals surface area contributed by atoms with E-state index in [2.05, 4.69) is 46.5 Å². The number of hydrogen-bond acceptors (Lipinski definition) is 7. The molecule has 0 saturated heterocycles. The van der Waals surface area contributed by atoms with Crippen LogP contribution in [-0.4, -0.2) is 45.9 Å². The molecule has 2 aromatic carbocycles. The maximum atomic E-state index is 13.6. The van der Waals surface area contributed by atoms with Gasteiger partial charge >= 0.3 is 0 Å². The number of carbonyl (C=O) groups is 1. The van der Waals surface area contributed by atoms with Gasteiger partial charge in [0.1, 0.15) is 11.8 Å². The number of aromatic nitrogens is 4. The second-order valence-electron chi connectivity index (χ2n) is 8.96. The third-order valence-corrected chi connectivity index (χ3v) is 6.70. The van der Waals surface area contributed by atoms with Crippen molar-refractivity contribution in [2.75, 3.05) is 35.7 Å². The molecule has 9 heteroatoms. The second kappa shape index (κ2) is 10.8. The van der Waals surface area contributed by atoms with Crippen molar-refractivity contribution in [1.29, 1.82) is 0 Å². The van der Waals surface area contributed by atoms with Crippen LogP contribution >= 0.6 is 0 Å². The number of anilines is 3. The van der Waals surface area contributed by atoms with E-state index in [0.717, 1.165) is 35.7 Å². The number of nitrogens with zero attached hydrogens (tertiary/aromatic N) is 5. The number of fused-ring (bicyclic) bond motifs is 1. The summed E-state index contributed by atoms with van der Waals surface area (Å²) >= 11 is 0. The molecule has 1 amide bonds. The number of methoxy groups -OCH3 is 1. The van der Waals surface area contributed by atoms with Gasteiger partial charge in [-0.05, 0) is 74.9 Å². The van der Waals surface area contributed by atoms with Crippen LogP contribution in [0.5, 0.6) is 5.75 Å². The van der Waals surface area contributed by atoms with Crippen molar-refractivity contribution in [3.63, 3.8) is 0 Å². The van der Waals surface area contributed by atoms with Gasteiger partial charge in [-0.15, -0.1) is 5.10 Å². The Labute approximate surface area is 222 Å². The van der Waals surface area contributed by atoms with Gasteiger partial charge in [0.2, 0.25) is 5.95 Å². The van der Waals surface area contributed by atoms with Crippen LogP contribution in [0.2, 0.25) is 0 Å². The summed E-state index contributed by atoms with van der Waals surface area (Å²) in [4.78, 5) is 24.8. The van der Waals surface area contributed by atoms with Crippen molar-refractivity contribution in [3.8, 4) is 17.1 Å².